The molecule has 2 rings (SSSR count). The van der Waals surface area contributed by atoms with Crippen molar-refractivity contribution in [3.8, 4) is 6.07 Å². The zero-order chi connectivity index (χ0) is 12.5. The maximum absolute atomic E-state index is 12.3. The van der Waals surface area contributed by atoms with Crippen molar-refractivity contribution in [1.82, 2.24) is 4.31 Å². The van der Waals surface area contributed by atoms with Crippen molar-refractivity contribution in [2.24, 2.45) is 0 Å². The van der Waals surface area contributed by atoms with Crippen LogP contribution in [-0.2, 0) is 10.0 Å². The van der Waals surface area contributed by atoms with Crippen molar-refractivity contribution in [2.45, 2.75) is 30.7 Å². The van der Waals surface area contributed by atoms with Gasteiger partial charge >= 0.3 is 0 Å². The molecule has 0 spiro atoms. The average molecular weight is 250 g/mol. The second-order valence-electron chi connectivity index (χ2n) is 4.22. The normalized spacial score (nSPS) is 21.3. The Kier molecular flexibility index (Phi) is 3.18. The van der Waals surface area contributed by atoms with Gasteiger partial charge in [0.15, 0.2) is 0 Å². The molecule has 1 aliphatic heterocycles. The molecule has 90 valence electrons. The topological polar surface area (TPSA) is 61.2 Å². The van der Waals surface area contributed by atoms with Crippen LogP contribution in [0.2, 0.25) is 0 Å². The third-order valence-electron chi connectivity index (χ3n) is 2.95. The van der Waals surface area contributed by atoms with Crippen molar-refractivity contribution in [2.75, 3.05) is 6.54 Å². The molecule has 1 aromatic rings. The smallest absolute Gasteiger partial charge is 0.207 e. The highest BCUT2D eigenvalue weighted by atomic mass is 32.2. The first-order chi connectivity index (χ1) is 8.05. The van der Waals surface area contributed by atoms with Gasteiger partial charge in [0.1, 0.15) is 6.04 Å². The maximum atomic E-state index is 12.3. The molecule has 0 N–H and O–H groups in total. The molecule has 1 heterocycles. The number of benzene rings is 1. The van der Waals surface area contributed by atoms with Crippen LogP contribution in [0.1, 0.15) is 18.4 Å². The van der Waals surface area contributed by atoms with E-state index in [4.69, 9.17) is 5.26 Å². The fraction of sp³-hybridized carbons (Fsp3) is 0.417. The Bertz CT molecular complexity index is 560. The summed E-state index contributed by atoms with van der Waals surface area (Å²) in [4.78, 5) is 0.277. The molecule has 1 fully saturated rings. The van der Waals surface area contributed by atoms with Crippen LogP contribution < -0.4 is 0 Å². The predicted octanol–water partition coefficient (Wildman–Crippen LogP) is 1.67. The molecule has 0 aliphatic carbocycles. The van der Waals surface area contributed by atoms with Crippen molar-refractivity contribution < 1.29 is 8.42 Å². The molecule has 4 nitrogen and oxygen atoms in total. The Morgan fingerprint density at radius 3 is 2.88 bits per heavy atom. The van der Waals surface area contributed by atoms with E-state index in [1.165, 1.54) is 4.31 Å². The van der Waals surface area contributed by atoms with Crippen molar-refractivity contribution in [3.63, 3.8) is 0 Å². The minimum atomic E-state index is -3.51. The summed E-state index contributed by atoms with van der Waals surface area (Å²) in [6.45, 7) is 2.29. The van der Waals surface area contributed by atoms with Gasteiger partial charge in [-0.25, -0.2) is 8.42 Å². The summed E-state index contributed by atoms with van der Waals surface area (Å²) in [6.07, 6.45) is 1.38. The lowest BCUT2D eigenvalue weighted by Crippen LogP contribution is -2.34. The molecule has 5 heteroatoms. The largest absolute Gasteiger partial charge is 0.244 e. The zero-order valence-corrected chi connectivity index (χ0v) is 10.4. The molecule has 1 atom stereocenters. The number of hydrogen-bond donors (Lipinski definition) is 0. The molecule has 1 aliphatic rings. The van der Waals surface area contributed by atoms with Crippen LogP contribution in [-0.4, -0.2) is 25.3 Å². The number of hydrogen-bond acceptors (Lipinski definition) is 3. The molecular weight excluding hydrogens is 236 g/mol. The molecule has 0 saturated carbocycles. The summed E-state index contributed by atoms with van der Waals surface area (Å²) in [7, 11) is -3.51. The summed E-state index contributed by atoms with van der Waals surface area (Å²) in [5, 5.41) is 8.95. The van der Waals surface area contributed by atoms with E-state index in [1.807, 2.05) is 13.0 Å². The van der Waals surface area contributed by atoms with Gasteiger partial charge in [-0.2, -0.15) is 9.57 Å². The molecule has 1 aromatic carbocycles. The highest BCUT2D eigenvalue weighted by Gasteiger charge is 2.35. The second kappa shape index (κ2) is 4.47. The predicted molar refractivity (Wildman–Crippen MR) is 63.7 cm³/mol. The lowest BCUT2D eigenvalue weighted by atomic mass is 10.2. The van der Waals surface area contributed by atoms with Gasteiger partial charge in [0.2, 0.25) is 10.0 Å². The van der Waals surface area contributed by atoms with E-state index in [9.17, 15) is 8.42 Å². The van der Waals surface area contributed by atoms with Crippen LogP contribution in [0.15, 0.2) is 29.2 Å². The summed E-state index contributed by atoms with van der Waals surface area (Å²) in [5.74, 6) is 0. The van der Waals surface area contributed by atoms with E-state index in [0.29, 0.717) is 13.0 Å². The number of aryl methyl sites for hydroxylation is 1. The minimum absolute atomic E-state index is 0.277. The van der Waals surface area contributed by atoms with Gasteiger partial charge in [-0.05, 0) is 37.5 Å². The summed E-state index contributed by atoms with van der Waals surface area (Å²) in [5.41, 5.74) is 0.902. The molecule has 0 radical (unpaired) electrons. The van der Waals surface area contributed by atoms with E-state index in [1.54, 1.807) is 18.2 Å². The van der Waals surface area contributed by atoms with Gasteiger partial charge in [0.25, 0.3) is 0 Å². The highest BCUT2D eigenvalue weighted by Crippen LogP contribution is 2.25. The number of nitrogens with zero attached hydrogens (tertiary/aromatic N) is 2. The minimum Gasteiger partial charge on any atom is -0.207 e. The van der Waals surface area contributed by atoms with Crippen LogP contribution >= 0.6 is 0 Å². The zero-order valence-electron chi connectivity index (χ0n) is 9.63. The summed E-state index contributed by atoms with van der Waals surface area (Å²) < 4.78 is 26.0. The molecule has 0 aromatic heterocycles. The van der Waals surface area contributed by atoms with Crippen LogP contribution in [0.4, 0.5) is 0 Å². The average Bonchev–Trinajstić information content (AvgIpc) is 2.77. The second-order valence-corrected chi connectivity index (χ2v) is 6.11. The van der Waals surface area contributed by atoms with E-state index in [-0.39, 0.29) is 4.90 Å². The molecule has 0 bridgehead atoms. The van der Waals surface area contributed by atoms with Crippen molar-refractivity contribution in [3.05, 3.63) is 29.8 Å². The third-order valence-corrected chi connectivity index (χ3v) is 4.85. The fourth-order valence-corrected chi connectivity index (χ4v) is 3.78. The van der Waals surface area contributed by atoms with Crippen molar-refractivity contribution in [1.29, 1.82) is 5.26 Å². The van der Waals surface area contributed by atoms with E-state index >= 15 is 0 Å². The maximum Gasteiger partial charge on any atom is 0.244 e. The van der Waals surface area contributed by atoms with Gasteiger partial charge in [-0.3, -0.25) is 0 Å². The van der Waals surface area contributed by atoms with E-state index in [2.05, 4.69) is 6.07 Å². The van der Waals surface area contributed by atoms with E-state index < -0.39 is 16.1 Å². The van der Waals surface area contributed by atoms with Gasteiger partial charge in [-0.1, -0.05) is 12.1 Å². The fourth-order valence-electron chi connectivity index (χ4n) is 2.07. The molecule has 1 unspecified atom stereocenters. The monoisotopic (exact) mass is 250 g/mol. The molecule has 0 amide bonds. The SMILES string of the molecule is Cc1cccc(S(=O)(=O)N2CCCC2C#N)c1. The Morgan fingerprint density at radius 1 is 1.47 bits per heavy atom. The Balaban J connectivity index is 2.40. The number of sulfonamides is 1. The first kappa shape index (κ1) is 12.1. The molecular formula is C12H14N2O2S. The van der Waals surface area contributed by atoms with Crippen LogP contribution in [0.5, 0.6) is 0 Å². The Morgan fingerprint density at radius 2 is 2.24 bits per heavy atom. The summed E-state index contributed by atoms with van der Waals surface area (Å²) >= 11 is 0. The van der Waals surface area contributed by atoms with Crippen LogP contribution in [0, 0.1) is 18.3 Å². The van der Waals surface area contributed by atoms with Crippen LogP contribution in [0.3, 0.4) is 0 Å². The summed E-state index contributed by atoms with van der Waals surface area (Å²) in [6, 6.07) is 8.33. The quantitative estimate of drug-likeness (QED) is 0.802. The highest BCUT2D eigenvalue weighted by molar-refractivity contribution is 7.89. The first-order valence-electron chi connectivity index (χ1n) is 5.54. The molecule has 17 heavy (non-hydrogen) atoms. The number of rotatable bonds is 2. The van der Waals surface area contributed by atoms with Crippen LogP contribution in [0.25, 0.3) is 0 Å². The van der Waals surface area contributed by atoms with E-state index in [0.717, 1.165) is 12.0 Å². The van der Waals surface area contributed by atoms with Gasteiger partial charge in [-0.15, -0.1) is 0 Å². The third kappa shape index (κ3) is 2.19. The Labute approximate surface area is 102 Å². The first-order valence-corrected chi connectivity index (χ1v) is 6.98. The van der Waals surface area contributed by atoms with Crippen molar-refractivity contribution >= 4 is 10.0 Å². The molecule has 1 saturated heterocycles. The van der Waals surface area contributed by atoms with Gasteiger partial charge in [0.05, 0.1) is 11.0 Å². The Hall–Kier alpha value is -1.38. The van der Waals surface area contributed by atoms with Gasteiger partial charge < -0.3 is 0 Å². The van der Waals surface area contributed by atoms with Gasteiger partial charge in [0, 0.05) is 6.54 Å². The lowest BCUT2D eigenvalue weighted by molar-refractivity contribution is 0.437. The standard InChI is InChI=1S/C12H14N2O2S/c1-10-4-2-6-12(8-10)17(15,16)14-7-3-5-11(14)9-13/h2,4,6,8,11H,3,5,7H2,1H3. The lowest BCUT2D eigenvalue weighted by Gasteiger charge is -2.19. The number of nitriles is 1.